The van der Waals surface area contributed by atoms with Crippen LogP contribution in [0.1, 0.15) is 32.6 Å². The fourth-order valence-corrected chi connectivity index (χ4v) is 2.18. The summed E-state index contributed by atoms with van der Waals surface area (Å²) in [4.78, 5) is 21.8. The molecule has 3 nitrogen and oxygen atoms in total. The average Bonchev–Trinajstić information content (AvgIpc) is 1.99. The molecule has 1 saturated heterocycles. The lowest BCUT2D eigenvalue weighted by atomic mass is 10.1. The highest BCUT2D eigenvalue weighted by atomic mass is 32.2. The van der Waals surface area contributed by atoms with Crippen molar-refractivity contribution in [2.24, 2.45) is 0 Å². The summed E-state index contributed by atoms with van der Waals surface area (Å²) in [6.45, 7) is 2.11. The van der Waals surface area contributed by atoms with Gasteiger partial charge >= 0.3 is 0 Å². The lowest BCUT2D eigenvalue weighted by Gasteiger charge is -2.19. The predicted molar refractivity (Wildman–Crippen MR) is 49.1 cm³/mol. The molecule has 1 heterocycles. The van der Waals surface area contributed by atoms with Crippen molar-refractivity contribution in [2.45, 2.75) is 37.9 Å². The van der Waals surface area contributed by atoms with Crippen molar-refractivity contribution in [3.05, 3.63) is 0 Å². The largest absolute Gasteiger partial charge is 0.287 e. The Kier molecular flexibility index (Phi) is 3.59. The van der Waals surface area contributed by atoms with Crippen molar-refractivity contribution < 1.29 is 9.59 Å². The quantitative estimate of drug-likeness (QED) is 0.734. The molecular formula is C8H13NO2S. The number of unbranched alkanes of at least 4 members (excludes halogenated alkanes) is 1. The van der Waals surface area contributed by atoms with Gasteiger partial charge in [0.1, 0.15) is 0 Å². The molecule has 4 heteroatoms. The Balaban J connectivity index is 2.34. The summed E-state index contributed by atoms with van der Waals surface area (Å²) in [7, 11) is 0. The summed E-state index contributed by atoms with van der Waals surface area (Å²) in [5.74, 6) is -0.125. The molecule has 0 radical (unpaired) electrons. The number of carbonyl (C=O) groups is 2. The van der Waals surface area contributed by atoms with Gasteiger partial charge in [0, 0.05) is 11.7 Å². The summed E-state index contributed by atoms with van der Waals surface area (Å²) in [6, 6.07) is 0. The lowest BCUT2D eigenvalue weighted by Crippen LogP contribution is -2.36. The SMILES string of the molecule is CCCCC1CC(=O)NC(=O)S1. The van der Waals surface area contributed by atoms with E-state index in [4.69, 9.17) is 0 Å². The monoisotopic (exact) mass is 187 g/mol. The van der Waals surface area contributed by atoms with Crippen LogP contribution in [0.3, 0.4) is 0 Å². The van der Waals surface area contributed by atoms with Crippen molar-refractivity contribution in [2.75, 3.05) is 0 Å². The molecule has 1 rings (SSSR count). The van der Waals surface area contributed by atoms with Gasteiger partial charge in [0.05, 0.1) is 0 Å². The normalized spacial score (nSPS) is 23.9. The van der Waals surface area contributed by atoms with Gasteiger partial charge in [-0.05, 0) is 6.42 Å². The van der Waals surface area contributed by atoms with E-state index >= 15 is 0 Å². The first-order valence-electron chi connectivity index (χ1n) is 4.23. The van der Waals surface area contributed by atoms with Crippen LogP contribution >= 0.6 is 11.8 Å². The van der Waals surface area contributed by atoms with Gasteiger partial charge in [-0.3, -0.25) is 14.9 Å². The molecule has 0 aliphatic carbocycles. The molecular weight excluding hydrogens is 174 g/mol. The number of thioether (sulfide) groups is 1. The maximum atomic E-state index is 10.9. The summed E-state index contributed by atoms with van der Waals surface area (Å²) in [5, 5.41) is 2.30. The van der Waals surface area contributed by atoms with Crippen LogP contribution in [0, 0.1) is 0 Å². The molecule has 0 saturated carbocycles. The summed E-state index contributed by atoms with van der Waals surface area (Å²) in [6.07, 6.45) is 3.68. The fourth-order valence-electron chi connectivity index (χ4n) is 1.19. The molecule has 12 heavy (non-hydrogen) atoms. The summed E-state index contributed by atoms with van der Waals surface area (Å²) >= 11 is 1.26. The first kappa shape index (κ1) is 9.58. The van der Waals surface area contributed by atoms with Crippen molar-refractivity contribution in [3.8, 4) is 0 Å². The van der Waals surface area contributed by atoms with Crippen molar-refractivity contribution in [1.29, 1.82) is 0 Å². The van der Waals surface area contributed by atoms with E-state index in [-0.39, 0.29) is 16.4 Å². The average molecular weight is 187 g/mol. The van der Waals surface area contributed by atoms with Gasteiger partial charge < -0.3 is 0 Å². The van der Waals surface area contributed by atoms with Gasteiger partial charge in [-0.1, -0.05) is 31.5 Å². The highest BCUT2D eigenvalue weighted by Crippen LogP contribution is 2.24. The molecule has 1 aliphatic heterocycles. The lowest BCUT2D eigenvalue weighted by molar-refractivity contribution is -0.120. The molecule has 0 bridgehead atoms. The minimum atomic E-state index is -0.188. The Labute approximate surface area is 76.3 Å². The van der Waals surface area contributed by atoms with Crippen LogP contribution in [-0.4, -0.2) is 16.4 Å². The van der Waals surface area contributed by atoms with Gasteiger partial charge in [-0.2, -0.15) is 0 Å². The van der Waals surface area contributed by atoms with E-state index in [0.29, 0.717) is 6.42 Å². The Bertz CT molecular complexity index is 177. The predicted octanol–water partition coefficient (Wildman–Crippen LogP) is 1.92. The zero-order chi connectivity index (χ0) is 8.97. The van der Waals surface area contributed by atoms with E-state index in [2.05, 4.69) is 12.2 Å². The van der Waals surface area contributed by atoms with Crippen LogP contribution in [0.2, 0.25) is 0 Å². The molecule has 0 aromatic carbocycles. The Morgan fingerprint density at radius 3 is 2.92 bits per heavy atom. The smallest absolute Gasteiger partial charge is 0.285 e. The molecule has 1 fully saturated rings. The van der Waals surface area contributed by atoms with Gasteiger partial charge in [-0.25, -0.2) is 0 Å². The maximum Gasteiger partial charge on any atom is 0.285 e. The van der Waals surface area contributed by atoms with Crippen LogP contribution in [-0.2, 0) is 4.79 Å². The van der Waals surface area contributed by atoms with Crippen molar-refractivity contribution >= 4 is 22.9 Å². The standard InChI is InChI=1S/C8H13NO2S/c1-2-3-4-6-5-7(10)9-8(11)12-6/h6H,2-5H2,1H3,(H,9,10,11). The summed E-state index contributed by atoms with van der Waals surface area (Å²) < 4.78 is 0. The Morgan fingerprint density at radius 1 is 1.58 bits per heavy atom. The highest BCUT2D eigenvalue weighted by molar-refractivity contribution is 8.14. The molecule has 68 valence electrons. The minimum absolute atomic E-state index is 0.125. The highest BCUT2D eigenvalue weighted by Gasteiger charge is 2.24. The van der Waals surface area contributed by atoms with E-state index in [1.54, 1.807) is 0 Å². The van der Waals surface area contributed by atoms with Crippen LogP contribution in [0.4, 0.5) is 4.79 Å². The molecule has 0 spiro atoms. The molecule has 2 amide bonds. The first-order valence-corrected chi connectivity index (χ1v) is 5.10. The molecule has 0 aromatic heterocycles. The van der Waals surface area contributed by atoms with Gasteiger partial charge in [0.25, 0.3) is 5.24 Å². The van der Waals surface area contributed by atoms with Gasteiger partial charge in [-0.15, -0.1) is 0 Å². The topological polar surface area (TPSA) is 46.2 Å². The van der Waals surface area contributed by atoms with Crippen molar-refractivity contribution in [3.63, 3.8) is 0 Å². The van der Waals surface area contributed by atoms with Crippen LogP contribution < -0.4 is 5.32 Å². The number of hydrogen-bond acceptors (Lipinski definition) is 3. The Morgan fingerprint density at radius 2 is 2.33 bits per heavy atom. The van der Waals surface area contributed by atoms with E-state index in [1.165, 1.54) is 11.8 Å². The molecule has 1 atom stereocenters. The third-order valence-electron chi connectivity index (χ3n) is 1.81. The Hall–Kier alpha value is -0.510. The van der Waals surface area contributed by atoms with Crippen LogP contribution in [0.15, 0.2) is 0 Å². The van der Waals surface area contributed by atoms with E-state index in [1.807, 2.05) is 0 Å². The van der Waals surface area contributed by atoms with E-state index < -0.39 is 0 Å². The number of nitrogens with one attached hydrogen (secondary N) is 1. The minimum Gasteiger partial charge on any atom is -0.287 e. The third kappa shape index (κ3) is 2.85. The zero-order valence-electron chi connectivity index (χ0n) is 7.13. The number of rotatable bonds is 3. The number of carbonyl (C=O) groups excluding carboxylic acids is 2. The number of amides is 2. The van der Waals surface area contributed by atoms with Crippen LogP contribution in [0.5, 0.6) is 0 Å². The second kappa shape index (κ2) is 4.50. The molecule has 1 aliphatic rings. The molecule has 1 N–H and O–H groups in total. The fraction of sp³-hybridized carbons (Fsp3) is 0.750. The second-order valence-corrected chi connectivity index (χ2v) is 4.20. The van der Waals surface area contributed by atoms with Gasteiger partial charge in [0.15, 0.2) is 0 Å². The zero-order valence-corrected chi connectivity index (χ0v) is 7.95. The van der Waals surface area contributed by atoms with E-state index in [0.717, 1.165) is 19.3 Å². The maximum absolute atomic E-state index is 10.9. The number of hydrogen-bond donors (Lipinski definition) is 1. The summed E-state index contributed by atoms with van der Waals surface area (Å²) in [5.41, 5.74) is 0. The second-order valence-electron chi connectivity index (χ2n) is 2.92. The first-order chi connectivity index (χ1) is 5.72. The third-order valence-corrected chi connectivity index (χ3v) is 2.86. The van der Waals surface area contributed by atoms with Crippen LogP contribution in [0.25, 0.3) is 0 Å². The molecule has 0 aromatic rings. The van der Waals surface area contributed by atoms with Gasteiger partial charge in [0.2, 0.25) is 5.91 Å². The number of imide groups is 1. The van der Waals surface area contributed by atoms with Crippen molar-refractivity contribution in [1.82, 2.24) is 5.32 Å². The van der Waals surface area contributed by atoms with E-state index in [9.17, 15) is 9.59 Å². The molecule has 1 unspecified atom stereocenters.